The van der Waals surface area contributed by atoms with Crippen LogP contribution in [-0.4, -0.2) is 24.2 Å². The van der Waals surface area contributed by atoms with Gasteiger partial charge in [0, 0.05) is 6.04 Å². The van der Waals surface area contributed by atoms with Gasteiger partial charge < -0.3 is 10.5 Å². The minimum absolute atomic E-state index is 0.102. The molecule has 1 aromatic carbocycles. The lowest BCUT2D eigenvalue weighted by atomic mass is 10.1. The first kappa shape index (κ1) is 9.27. The zero-order valence-electron chi connectivity index (χ0n) is 8.22. The van der Waals surface area contributed by atoms with Gasteiger partial charge in [-0.3, -0.25) is 0 Å². The topological polar surface area (TPSA) is 48.1 Å². The van der Waals surface area contributed by atoms with E-state index in [-0.39, 0.29) is 12.0 Å². The van der Waals surface area contributed by atoms with E-state index in [1.165, 1.54) is 4.70 Å². The first-order valence-corrected chi connectivity index (χ1v) is 5.85. The van der Waals surface area contributed by atoms with Gasteiger partial charge in [-0.15, -0.1) is 11.3 Å². The maximum absolute atomic E-state index is 5.97. The minimum atomic E-state index is 0.102. The molecule has 2 unspecified atom stereocenters. The number of nitrogens with two attached hydrogens (primary N) is 1. The van der Waals surface area contributed by atoms with Crippen LogP contribution in [0.3, 0.4) is 0 Å². The average molecular weight is 220 g/mol. The molecule has 0 aliphatic carbocycles. The predicted octanol–water partition coefficient (Wildman–Crippen LogP) is 1.74. The lowest BCUT2D eigenvalue weighted by molar-refractivity contribution is 0.191. The third-order valence-electron chi connectivity index (χ3n) is 2.75. The number of thiazole rings is 1. The van der Waals surface area contributed by atoms with Crippen LogP contribution in [-0.2, 0) is 4.74 Å². The van der Waals surface area contributed by atoms with Gasteiger partial charge in [0.15, 0.2) is 0 Å². The molecule has 3 rings (SSSR count). The van der Waals surface area contributed by atoms with E-state index in [2.05, 4.69) is 11.1 Å². The summed E-state index contributed by atoms with van der Waals surface area (Å²) in [6.45, 7) is 1.36. The number of ether oxygens (including phenoxy) is 1. The van der Waals surface area contributed by atoms with E-state index >= 15 is 0 Å². The van der Waals surface area contributed by atoms with E-state index in [1.54, 1.807) is 11.3 Å². The molecule has 1 fully saturated rings. The number of nitrogens with zero attached hydrogens (tertiary/aromatic N) is 1. The maximum Gasteiger partial charge on any atom is 0.101 e. The van der Waals surface area contributed by atoms with Gasteiger partial charge in [-0.2, -0.15) is 0 Å². The number of para-hydroxylation sites is 1. The van der Waals surface area contributed by atoms with E-state index in [0.29, 0.717) is 13.2 Å². The van der Waals surface area contributed by atoms with E-state index < -0.39 is 0 Å². The van der Waals surface area contributed by atoms with Gasteiger partial charge in [-0.25, -0.2) is 4.98 Å². The van der Waals surface area contributed by atoms with Crippen LogP contribution < -0.4 is 5.73 Å². The zero-order chi connectivity index (χ0) is 10.3. The Bertz CT molecular complexity index is 449. The minimum Gasteiger partial charge on any atom is -0.379 e. The summed E-state index contributed by atoms with van der Waals surface area (Å²) < 4.78 is 6.59. The fourth-order valence-electron chi connectivity index (χ4n) is 1.87. The second-order valence-corrected chi connectivity index (χ2v) is 4.89. The van der Waals surface area contributed by atoms with E-state index in [9.17, 15) is 0 Å². The fourth-order valence-corrected chi connectivity index (χ4v) is 3.00. The lowest BCUT2D eigenvalue weighted by Gasteiger charge is -2.08. The molecule has 1 aromatic heterocycles. The number of hydrogen-bond donors (Lipinski definition) is 1. The molecule has 2 heterocycles. The van der Waals surface area contributed by atoms with Crippen LogP contribution in [0.5, 0.6) is 0 Å². The SMILES string of the molecule is NC1COCC1c1nc2ccccc2s1. The summed E-state index contributed by atoms with van der Waals surface area (Å²) >= 11 is 1.73. The van der Waals surface area contributed by atoms with Gasteiger partial charge in [0.1, 0.15) is 5.01 Å². The van der Waals surface area contributed by atoms with Crippen molar-refractivity contribution in [1.82, 2.24) is 4.98 Å². The van der Waals surface area contributed by atoms with Crippen LogP contribution in [0, 0.1) is 0 Å². The average Bonchev–Trinajstić information content (AvgIpc) is 2.82. The first-order chi connectivity index (χ1) is 7.34. The second kappa shape index (κ2) is 3.56. The Morgan fingerprint density at radius 2 is 2.20 bits per heavy atom. The summed E-state index contributed by atoms with van der Waals surface area (Å²) in [6, 6.07) is 8.28. The lowest BCUT2D eigenvalue weighted by Crippen LogP contribution is -2.26. The van der Waals surface area contributed by atoms with Crippen molar-refractivity contribution in [2.75, 3.05) is 13.2 Å². The van der Waals surface area contributed by atoms with Crippen molar-refractivity contribution in [2.24, 2.45) is 5.73 Å². The smallest absolute Gasteiger partial charge is 0.101 e. The quantitative estimate of drug-likeness (QED) is 0.796. The third-order valence-corrected chi connectivity index (χ3v) is 3.92. The highest BCUT2D eigenvalue weighted by Crippen LogP contribution is 2.31. The van der Waals surface area contributed by atoms with Crippen molar-refractivity contribution in [3.8, 4) is 0 Å². The normalized spacial score (nSPS) is 26.2. The van der Waals surface area contributed by atoms with Gasteiger partial charge in [-0.1, -0.05) is 12.1 Å². The van der Waals surface area contributed by atoms with Gasteiger partial charge in [0.2, 0.25) is 0 Å². The number of fused-ring (bicyclic) bond motifs is 1. The molecule has 15 heavy (non-hydrogen) atoms. The Balaban J connectivity index is 2.04. The van der Waals surface area contributed by atoms with Crippen LogP contribution in [0.1, 0.15) is 10.9 Å². The van der Waals surface area contributed by atoms with E-state index in [0.717, 1.165) is 10.5 Å². The molecule has 1 aliphatic heterocycles. The monoisotopic (exact) mass is 220 g/mol. The molecule has 0 bridgehead atoms. The van der Waals surface area contributed by atoms with Crippen molar-refractivity contribution >= 4 is 21.6 Å². The fraction of sp³-hybridized carbons (Fsp3) is 0.364. The molecule has 0 spiro atoms. The molecule has 1 aliphatic rings. The van der Waals surface area contributed by atoms with Crippen LogP contribution in [0.15, 0.2) is 24.3 Å². The highest BCUT2D eigenvalue weighted by molar-refractivity contribution is 7.18. The number of benzene rings is 1. The summed E-state index contributed by atoms with van der Waals surface area (Å²) in [7, 11) is 0. The molecule has 1 saturated heterocycles. The Kier molecular flexibility index (Phi) is 2.20. The maximum atomic E-state index is 5.97. The van der Waals surface area contributed by atoms with Gasteiger partial charge >= 0.3 is 0 Å². The molecule has 2 aromatic rings. The molecule has 3 nitrogen and oxygen atoms in total. The van der Waals surface area contributed by atoms with Crippen LogP contribution in [0.4, 0.5) is 0 Å². The van der Waals surface area contributed by atoms with Crippen LogP contribution >= 0.6 is 11.3 Å². The van der Waals surface area contributed by atoms with Gasteiger partial charge in [0.05, 0.1) is 29.3 Å². The summed E-state index contributed by atoms with van der Waals surface area (Å²) in [5.74, 6) is 0.280. The largest absolute Gasteiger partial charge is 0.379 e. The Morgan fingerprint density at radius 1 is 1.33 bits per heavy atom. The highest BCUT2D eigenvalue weighted by Gasteiger charge is 2.28. The molecule has 0 amide bonds. The Labute approximate surface area is 91.9 Å². The van der Waals surface area contributed by atoms with Crippen molar-refractivity contribution in [1.29, 1.82) is 0 Å². The van der Waals surface area contributed by atoms with E-state index in [1.807, 2.05) is 18.2 Å². The van der Waals surface area contributed by atoms with Gasteiger partial charge in [-0.05, 0) is 12.1 Å². The molecule has 0 radical (unpaired) electrons. The highest BCUT2D eigenvalue weighted by atomic mass is 32.1. The van der Waals surface area contributed by atoms with Crippen LogP contribution in [0.25, 0.3) is 10.2 Å². The van der Waals surface area contributed by atoms with Gasteiger partial charge in [0.25, 0.3) is 0 Å². The third kappa shape index (κ3) is 1.55. The van der Waals surface area contributed by atoms with Crippen molar-refractivity contribution in [3.63, 3.8) is 0 Å². The summed E-state index contributed by atoms with van der Waals surface area (Å²) in [4.78, 5) is 4.60. The number of rotatable bonds is 1. The standard InChI is InChI=1S/C11H12N2OS/c12-8-6-14-5-7(8)11-13-9-3-1-2-4-10(9)15-11/h1-4,7-8H,5-6,12H2. The molecular formula is C11H12N2OS. The first-order valence-electron chi connectivity index (χ1n) is 5.03. The Morgan fingerprint density at radius 3 is 2.93 bits per heavy atom. The number of aromatic nitrogens is 1. The summed E-state index contributed by atoms with van der Waals surface area (Å²) in [5.41, 5.74) is 7.04. The molecule has 4 heteroatoms. The van der Waals surface area contributed by atoms with Crippen molar-refractivity contribution in [2.45, 2.75) is 12.0 Å². The molecule has 78 valence electrons. The van der Waals surface area contributed by atoms with Crippen molar-refractivity contribution in [3.05, 3.63) is 29.3 Å². The van der Waals surface area contributed by atoms with Crippen LogP contribution in [0.2, 0.25) is 0 Å². The van der Waals surface area contributed by atoms with E-state index in [4.69, 9.17) is 10.5 Å². The summed E-state index contributed by atoms with van der Waals surface area (Å²) in [5, 5.41) is 1.11. The molecule has 2 N–H and O–H groups in total. The second-order valence-electron chi connectivity index (χ2n) is 3.83. The molecule has 0 saturated carbocycles. The zero-order valence-corrected chi connectivity index (χ0v) is 9.04. The Hall–Kier alpha value is -0.970. The summed E-state index contributed by atoms with van der Waals surface area (Å²) in [6.07, 6.45) is 0. The number of hydrogen-bond acceptors (Lipinski definition) is 4. The molecular weight excluding hydrogens is 208 g/mol. The van der Waals surface area contributed by atoms with Crippen molar-refractivity contribution < 1.29 is 4.74 Å². The predicted molar refractivity (Wildman–Crippen MR) is 61.2 cm³/mol. The molecule has 2 atom stereocenters.